The number of halogens is 1. The number of thiazole rings is 1. The van der Waals surface area contributed by atoms with Crippen molar-refractivity contribution in [3.63, 3.8) is 0 Å². The van der Waals surface area contributed by atoms with E-state index in [9.17, 15) is 0 Å². The first kappa shape index (κ1) is 10.9. The van der Waals surface area contributed by atoms with Crippen LogP contribution in [0.15, 0.2) is 22.7 Å². The maximum absolute atomic E-state index is 4.51. The van der Waals surface area contributed by atoms with Crippen LogP contribution in [0.4, 0.5) is 5.13 Å². The van der Waals surface area contributed by atoms with Crippen LogP contribution in [0.1, 0.15) is 19.8 Å². The number of hydrogen-bond donors (Lipinski definition) is 1. The number of nitrogens with zero attached hydrogens (tertiary/aromatic N) is 1. The summed E-state index contributed by atoms with van der Waals surface area (Å²) in [6, 6.07) is 6.18. The van der Waals surface area contributed by atoms with Gasteiger partial charge in [-0.1, -0.05) is 40.6 Å². The highest BCUT2D eigenvalue weighted by Gasteiger charge is 2.02. The Morgan fingerprint density at radius 1 is 1.47 bits per heavy atom. The van der Waals surface area contributed by atoms with Gasteiger partial charge in [-0.25, -0.2) is 4.98 Å². The van der Waals surface area contributed by atoms with Crippen LogP contribution >= 0.6 is 27.3 Å². The SMILES string of the molecule is CCCCNc1nc2ccc(Br)cc2s1. The van der Waals surface area contributed by atoms with Gasteiger partial charge in [0.1, 0.15) is 0 Å². The van der Waals surface area contributed by atoms with Crippen LogP contribution < -0.4 is 5.32 Å². The molecule has 1 heterocycles. The van der Waals surface area contributed by atoms with E-state index in [-0.39, 0.29) is 0 Å². The molecule has 4 heteroatoms. The van der Waals surface area contributed by atoms with Gasteiger partial charge in [-0.3, -0.25) is 0 Å². The van der Waals surface area contributed by atoms with Gasteiger partial charge in [0, 0.05) is 11.0 Å². The second kappa shape index (κ2) is 4.94. The van der Waals surface area contributed by atoms with E-state index < -0.39 is 0 Å². The molecule has 0 aliphatic heterocycles. The highest BCUT2D eigenvalue weighted by Crippen LogP contribution is 2.28. The maximum atomic E-state index is 4.51. The molecule has 1 N–H and O–H groups in total. The minimum atomic E-state index is 1.01. The van der Waals surface area contributed by atoms with Crippen LogP contribution in [0.3, 0.4) is 0 Å². The van der Waals surface area contributed by atoms with E-state index in [1.807, 2.05) is 12.1 Å². The summed E-state index contributed by atoms with van der Waals surface area (Å²) in [6.45, 7) is 3.20. The Morgan fingerprint density at radius 2 is 2.33 bits per heavy atom. The molecular weight excluding hydrogens is 272 g/mol. The molecule has 0 aliphatic carbocycles. The Hall–Kier alpha value is -0.610. The fourth-order valence-corrected chi connectivity index (χ4v) is 2.79. The smallest absolute Gasteiger partial charge is 0.183 e. The van der Waals surface area contributed by atoms with E-state index >= 15 is 0 Å². The van der Waals surface area contributed by atoms with Crippen LogP contribution in [-0.4, -0.2) is 11.5 Å². The van der Waals surface area contributed by atoms with Crippen molar-refractivity contribution in [2.24, 2.45) is 0 Å². The Labute approximate surface area is 102 Å². The molecule has 1 aromatic carbocycles. The standard InChI is InChI=1S/C11H13BrN2S/c1-2-3-6-13-11-14-9-5-4-8(12)7-10(9)15-11/h4-5,7H,2-3,6H2,1H3,(H,13,14). The molecule has 1 aromatic heterocycles. The minimum Gasteiger partial charge on any atom is -0.361 e. The lowest BCUT2D eigenvalue weighted by atomic mass is 10.3. The third kappa shape index (κ3) is 2.69. The van der Waals surface area contributed by atoms with E-state index in [0.717, 1.165) is 21.7 Å². The number of fused-ring (bicyclic) bond motifs is 1. The average Bonchev–Trinajstić information content (AvgIpc) is 2.60. The zero-order valence-electron chi connectivity index (χ0n) is 8.59. The molecule has 2 aromatic rings. The molecule has 0 amide bonds. The van der Waals surface area contributed by atoms with E-state index in [1.165, 1.54) is 17.5 Å². The first-order chi connectivity index (χ1) is 7.29. The fourth-order valence-electron chi connectivity index (χ4n) is 1.35. The van der Waals surface area contributed by atoms with E-state index in [1.54, 1.807) is 11.3 Å². The Morgan fingerprint density at radius 3 is 3.13 bits per heavy atom. The first-order valence-corrected chi connectivity index (χ1v) is 6.70. The quantitative estimate of drug-likeness (QED) is 0.848. The number of benzene rings is 1. The topological polar surface area (TPSA) is 24.9 Å². The van der Waals surface area contributed by atoms with Gasteiger partial charge in [0.05, 0.1) is 10.2 Å². The van der Waals surface area contributed by atoms with Crippen LogP contribution in [0.5, 0.6) is 0 Å². The lowest BCUT2D eigenvalue weighted by molar-refractivity contribution is 0.834. The highest BCUT2D eigenvalue weighted by atomic mass is 79.9. The average molecular weight is 285 g/mol. The molecule has 0 fully saturated rings. The second-order valence-electron chi connectivity index (χ2n) is 3.41. The largest absolute Gasteiger partial charge is 0.361 e. The third-order valence-corrected chi connectivity index (χ3v) is 3.63. The minimum absolute atomic E-state index is 1.01. The number of hydrogen-bond acceptors (Lipinski definition) is 3. The lowest BCUT2D eigenvalue weighted by Crippen LogP contribution is -1.99. The van der Waals surface area contributed by atoms with Gasteiger partial charge in [0.25, 0.3) is 0 Å². The molecule has 2 nitrogen and oxygen atoms in total. The molecule has 0 atom stereocenters. The van der Waals surface area contributed by atoms with Gasteiger partial charge >= 0.3 is 0 Å². The predicted molar refractivity (Wildman–Crippen MR) is 70.7 cm³/mol. The normalized spacial score (nSPS) is 10.8. The van der Waals surface area contributed by atoms with Crippen molar-refractivity contribution in [3.05, 3.63) is 22.7 Å². The number of anilines is 1. The van der Waals surface area contributed by atoms with E-state index in [2.05, 4.69) is 39.2 Å². The molecule has 80 valence electrons. The number of aromatic nitrogens is 1. The van der Waals surface area contributed by atoms with E-state index in [0.29, 0.717) is 0 Å². The lowest BCUT2D eigenvalue weighted by Gasteiger charge is -1.98. The molecule has 0 saturated heterocycles. The summed E-state index contributed by atoms with van der Waals surface area (Å²) in [6.07, 6.45) is 2.41. The van der Waals surface area contributed by atoms with Crippen molar-refractivity contribution in [2.45, 2.75) is 19.8 Å². The number of rotatable bonds is 4. The first-order valence-electron chi connectivity index (χ1n) is 5.09. The molecule has 0 saturated carbocycles. The van der Waals surface area contributed by atoms with Crippen LogP contribution in [0.25, 0.3) is 10.2 Å². The van der Waals surface area contributed by atoms with Crippen LogP contribution in [0, 0.1) is 0 Å². The summed E-state index contributed by atoms with van der Waals surface area (Å²) in [4.78, 5) is 4.51. The summed E-state index contributed by atoms with van der Waals surface area (Å²) in [5.74, 6) is 0. The summed E-state index contributed by atoms with van der Waals surface area (Å²) < 4.78 is 2.34. The Kier molecular flexibility index (Phi) is 3.59. The second-order valence-corrected chi connectivity index (χ2v) is 5.36. The van der Waals surface area contributed by atoms with Crippen LogP contribution in [0.2, 0.25) is 0 Å². The van der Waals surface area contributed by atoms with Crippen molar-refractivity contribution in [2.75, 3.05) is 11.9 Å². The third-order valence-electron chi connectivity index (χ3n) is 2.16. The molecule has 0 radical (unpaired) electrons. The molecule has 0 bridgehead atoms. The zero-order chi connectivity index (χ0) is 10.7. The number of unbranched alkanes of at least 4 members (excludes halogenated alkanes) is 1. The van der Waals surface area contributed by atoms with E-state index in [4.69, 9.17) is 0 Å². The monoisotopic (exact) mass is 284 g/mol. The van der Waals surface area contributed by atoms with Crippen molar-refractivity contribution < 1.29 is 0 Å². The molecule has 0 aliphatic rings. The van der Waals surface area contributed by atoms with Crippen LogP contribution in [-0.2, 0) is 0 Å². The summed E-state index contributed by atoms with van der Waals surface area (Å²) in [5.41, 5.74) is 1.07. The molecule has 15 heavy (non-hydrogen) atoms. The van der Waals surface area contributed by atoms with Crippen molar-refractivity contribution in [1.82, 2.24) is 4.98 Å². The number of nitrogens with one attached hydrogen (secondary N) is 1. The Bertz CT molecular complexity index is 453. The fraction of sp³-hybridized carbons (Fsp3) is 0.364. The van der Waals surface area contributed by atoms with Gasteiger partial charge < -0.3 is 5.32 Å². The van der Waals surface area contributed by atoms with Gasteiger partial charge in [-0.2, -0.15) is 0 Å². The highest BCUT2D eigenvalue weighted by molar-refractivity contribution is 9.10. The van der Waals surface area contributed by atoms with Gasteiger partial charge in [-0.15, -0.1) is 0 Å². The van der Waals surface area contributed by atoms with Gasteiger partial charge in [0.15, 0.2) is 5.13 Å². The van der Waals surface area contributed by atoms with Crippen molar-refractivity contribution in [1.29, 1.82) is 0 Å². The molecule has 2 rings (SSSR count). The molecule has 0 spiro atoms. The van der Waals surface area contributed by atoms with Gasteiger partial charge in [0.2, 0.25) is 0 Å². The molecule has 0 unspecified atom stereocenters. The predicted octanol–water partition coefficient (Wildman–Crippen LogP) is 4.27. The van der Waals surface area contributed by atoms with Crippen molar-refractivity contribution in [3.8, 4) is 0 Å². The maximum Gasteiger partial charge on any atom is 0.183 e. The van der Waals surface area contributed by atoms with Gasteiger partial charge in [-0.05, 0) is 24.6 Å². The summed E-state index contributed by atoms with van der Waals surface area (Å²) in [7, 11) is 0. The molecular formula is C11H13BrN2S. The van der Waals surface area contributed by atoms with Crippen molar-refractivity contribution >= 4 is 42.6 Å². The summed E-state index contributed by atoms with van der Waals surface area (Å²) >= 11 is 5.17. The zero-order valence-corrected chi connectivity index (χ0v) is 11.0. The Balaban J connectivity index is 2.16. The summed E-state index contributed by atoms with van der Waals surface area (Å²) in [5, 5.41) is 4.37.